The molecule has 0 radical (unpaired) electrons. The number of nitrogens with zero attached hydrogens (tertiary/aromatic N) is 1. The van der Waals surface area contributed by atoms with Crippen molar-refractivity contribution >= 4 is 0 Å². The van der Waals surface area contributed by atoms with Gasteiger partial charge in [-0.15, -0.1) is 0 Å². The van der Waals surface area contributed by atoms with Crippen LogP contribution in [0.1, 0.15) is 18.4 Å². The molecule has 2 N–H and O–H groups in total. The highest BCUT2D eigenvalue weighted by atomic mass is 16.5. The Morgan fingerprint density at radius 3 is 3.11 bits per heavy atom. The van der Waals surface area contributed by atoms with Crippen LogP contribution in [-0.4, -0.2) is 44.4 Å². The lowest BCUT2D eigenvalue weighted by Crippen LogP contribution is -2.41. The number of ether oxygens (including phenoxy) is 2. The molecule has 19 heavy (non-hydrogen) atoms. The van der Waals surface area contributed by atoms with Crippen molar-refractivity contribution in [1.29, 1.82) is 0 Å². The van der Waals surface area contributed by atoms with E-state index in [1.807, 2.05) is 24.3 Å². The van der Waals surface area contributed by atoms with Gasteiger partial charge in [-0.1, -0.05) is 12.1 Å². The minimum absolute atomic E-state index is 0.384. The van der Waals surface area contributed by atoms with Crippen molar-refractivity contribution in [3.05, 3.63) is 29.8 Å². The first-order valence-electron chi connectivity index (χ1n) is 6.99. The fraction of sp³-hybridized carbons (Fsp3) is 0.600. The lowest BCUT2D eigenvalue weighted by molar-refractivity contribution is 0.0272. The van der Waals surface area contributed by atoms with Gasteiger partial charge in [-0.3, -0.25) is 4.90 Å². The van der Waals surface area contributed by atoms with Gasteiger partial charge < -0.3 is 15.2 Å². The van der Waals surface area contributed by atoms with Crippen LogP contribution in [0.15, 0.2) is 24.3 Å². The van der Waals surface area contributed by atoms with Crippen LogP contribution in [0.2, 0.25) is 0 Å². The van der Waals surface area contributed by atoms with Gasteiger partial charge in [-0.25, -0.2) is 0 Å². The standard InChI is InChI=1S/C15H24N2O2/c1-18-15-6-3-7-17(12-15)8-9-19-14-5-2-4-13(10-14)11-16/h2,4-5,10,15H,3,6-9,11-12,16H2,1H3. The van der Waals surface area contributed by atoms with Gasteiger partial charge in [0, 0.05) is 26.7 Å². The molecule has 1 saturated heterocycles. The van der Waals surface area contributed by atoms with Crippen molar-refractivity contribution in [2.45, 2.75) is 25.5 Å². The average molecular weight is 264 g/mol. The summed E-state index contributed by atoms with van der Waals surface area (Å²) >= 11 is 0. The molecule has 1 fully saturated rings. The number of rotatable bonds is 6. The second-order valence-electron chi connectivity index (χ2n) is 5.00. The topological polar surface area (TPSA) is 47.7 Å². The highest BCUT2D eigenvalue weighted by Gasteiger charge is 2.18. The predicted octanol–water partition coefficient (Wildman–Crippen LogP) is 1.63. The fourth-order valence-corrected chi connectivity index (χ4v) is 2.46. The number of hydrogen-bond donors (Lipinski definition) is 1. The molecule has 1 aliphatic heterocycles. The van der Waals surface area contributed by atoms with Gasteiger partial charge in [0.2, 0.25) is 0 Å². The number of piperidine rings is 1. The maximum absolute atomic E-state index is 5.78. The van der Waals surface area contributed by atoms with E-state index in [1.165, 1.54) is 12.8 Å². The average Bonchev–Trinajstić information content (AvgIpc) is 2.48. The lowest BCUT2D eigenvalue weighted by Gasteiger charge is -2.31. The normalized spacial score (nSPS) is 20.4. The molecule has 106 valence electrons. The Bertz CT molecular complexity index is 384. The lowest BCUT2D eigenvalue weighted by atomic mass is 10.1. The van der Waals surface area contributed by atoms with Gasteiger partial charge in [-0.05, 0) is 37.1 Å². The van der Waals surface area contributed by atoms with E-state index in [4.69, 9.17) is 15.2 Å². The molecule has 0 bridgehead atoms. The molecular weight excluding hydrogens is 240 g/mol. The highest BCUT2D eigenvalue weighted by Crippen LogP contribution is 2.14. The minimum atomic E-state index is 0.384. The van der Waals surface area contributed by atoms with Crippen LogP contribution < -0.4 is 10.5 Å². The summed E-state index contributed by atoms with van der Waals surface area (Å²) in [4.78, 5) is 2.41. The third-order valence-electron chi connectivity index (χ3n) is 3.61. The molecule has 1 aliphatic rings. The molecule has 0 amide bonds. The largest absolute Gasteiger partial charge is 0.492 e. The maximum Gasteiger partial charge on any atom is 0.119 e. The summed E-state index contributed by atoms with van der Waals surface area (Å²) in [6.45, 7) is 4.38. The van der Waals surface area contributed by atoms with Gasteiger partial charge in [0.15, 0.2) is 0 Å². The third kappa shape index (κ3) is 4.49. The number of methoxy groups -OCH3 is 1. The summed E-state index contributed by atoms with van der Waals surface area (Å²) in [7, 11) is 1.79. The van der Waals surface area contributed by atoms with E-state index >= 15 is 0 Å². The Labute approximate surface area is 115 Å². The van der Waals surface area contributed by atoms with Crippen LogP contribution in [0.25, 0.3) is 0 Å². The molecule has 0 saturated carbocycles. The van der Waals surface area contributed by atoms with Crippen molar-refractivity contribution in [2.24, 2.45) is 5.73 Å². The summed E-state index contributed by atoms with van der Waals surface area (Å²) < 4.78 is 11.2. The van der Waals surface area contributed by atoms with E-state index in [0.717, 1.165) is 30.9 Å². The Kier molecular flexibility index (Phi) is 5.63. The Hall–Kier alpha value is -1.10. The van der Waals surface area contributed by atoms with Crippen LogP contribution >= 0.6 is 0 Å². The van der Waals surface area contributed by atoms with Crippen molar-refractivity contribution in [3.8, 4) is 5.75 Å². The third-order valence-corrected chi connectivity index (χ3v) is 3.61. The summed E-state index contributed by atoms with van der Waals surface area (Å²) in [5, 5.41) is 0. The molecule has 1 aromatic carbocycles. The van der Waals surface area contributed by atoms with Crippen molar-refractivity contribution in [1.82, 2.24) is 4.90 Å². The minimum Gasteiger partial charge on any atom is -0.492 e. The van der Waals surface area contributed by atoms with E-state index in [1.54, 1.807) is 7.11 Å². The van der Waals surface area contributed by atoms with Crippen molar-refractivity contribution in [2.75, 3.05) is 33.4 Å². The molecule has 1 heterocycles. The summed E-state index contributed by atoms with van der Waals surface area (Å²) in [5.74, 6) is 0.906. The van der Waals surface area contributed by atoms with Crippen molar-refractivity contribution < 1.29 is 9.47 Å². The molecule has 0 spiro atoms. The second kappa shape index (κ2) is 7.48. The Balaban J connectivity index is 1.73. The molecule has 1 atom stereocenters. The van der Waals surface area contributed by atoms with Gasteiger partial charge >= 0.3 is 0 Å². The number of benzene rings is 1. The SMILES string of the molecule is COC1CCCN(CCOc2cccc(CN)c2)C1. The molecule has 4 nitrogen and oxygen atoms in total. The van der Waals surface area contributed by atoms with E-state index in [0.29, 0.717) is 19.3 Å². The van der Waals surface area contributed by atoms with Crippen LogP contribution in [0.3, 0.4) is 0 Å². The van der Waals surface area contributed by atoms with E-state index in [-0.39, 0.29) is 0 Å². The van der Waals surface area contributed by atoms with Gasteiger partial charge in [-0.2, -0.15) is 0 Å². The monoisotopic (exact) mass is 264 g/mol. The number of hydrogen-bond acceptors (Lipinski definition) is 4. The fourth-order valence-electron chi connectivity index (χ4n) is 2.46. The zero-order valence-electron chi connectivity index (χ0n) is 11.7. The predicted molar refractivity (Wildman–Crippen MR) is 76.3 cm³/mol. The zero-order chi connectivity index (χ0) is 13.5. The first kappa shape index (κ1) is 14.3. The van der Waals surface area contributed by atoms with E-state index in [2.05, 4.69) is 4.90 Å². The van der Waals surface area contributed by atoms with Gasteiger partial charge in [0.25, 0.3) is 0 Å². The quantitative estimate of drug-likeness (QED) is 0.848. The van der Waals surface area contributed by atoms with E-state index < -0.39 is 0 Å². The first-order chi connectivity index (χ1) is 9.31. The zero-order valence-corrected chi connectivity index (χ0v) is 11.7. The number of likely N-dealkylation sites (tertiary alicyclic amines) is 1. The van der Waals surface area contributed by atoms with E-state index in [9.17, 15) is 0 Å². The summed E-state index contributed by atoms with van der Waals surface area (Å²) in [6.07, 6.45) is 2.77. The first-order valence-corrected chi connectivity index (χ1v) is 6.99. The molecule has 0 aromatic heterocycles. The summed E-state index contributed by atoms with van der Waals surface area (Å²) in [6, 6.07) is 7.99. The number of nitrogens with two attached hydrogens (primary N) is 1. The van der Waals surface area contributed by atoms with Gasteiger partial charge in [0.1, 0.15) is 12.4 Å². The van der Waals surface area contributed by atoms with Crippen LogP contribution in [-0.2, 0) is 11.3 Å². The molecule has 1 unspecified atom stereocenters. The Morgan fingerprint density at radius 1 is 1.42 bits per heavy atom. The van der Waals surface area contributed by atoms with Gasteiger partial charge in [0.05, 0.1) is 6.10 Å². The molecule has 0 aliphatic carbocycles. The Morgan fingerprint density at radius 2 is 2.32 bits per heavy atom. The van der Waals surface area contributed by atoms with Crippen LogP contribution in [0, 0.1) is 0 Å². The van der Waals surface area contributed by atoms with Crippen LogP contribution in [0.4, 0.5) is 0 Å². The molecule has 2 rings (SSSR count). The second-order valence-corrected chi connectivity index (χ2v) is 5.00. The van der Waals surface area contributed by atoms with Crippen LogP contribution in [0.5, 0.6) is 5.75 Å². The maximum atomic E-state index is 5.78. The molecular formula is C15H24N2O2. The highest BCUT2D eigenvalue weighted by molar-refractivity contribution is 5.28. The van der Waals surface area contributed by atoms with Crippen molar-refractivity contribution in [3.63, 3.8) is 0 Å². The summed E-state index contributed by atoms with van der Waals surface area (Å²) in [5.41, 5.74) is 6.72. The smallest absolute Gasteiger partial charge is 0.119 e. The molecule has 1 aromatic rings. The molecule has 4 heteroatoms.